The number of carbonyl (C=O) groups is 1. The molecule has 13 heteroatoms. The third kappa shape index (κ3) is 8.04. The summed E-state index contributed by atoms with van der Waals surface area (Å²) >= 11 is 3.55. The molecule has 1 aliphatic heterocycles. The third-order valence-corrected chi connectivity index (χ3v) is 10.0. The summed E-state index contributed by atoms with van der Waals surface area (Å²) in [6, 6.07) is 25.2. The fourth-order valence-electron chi connectivity index (χ4n) is 5.06. The Morgan fingerprint density at radius 2 is 1.70 bits per heavy atom. The van der Waals surface area contributed by atoms with Crippen LogP contribution in [0.5, 0.6) is 5.75 Å². The molecule has 0 saturated carbocycles. The number of aliphatic imine (C=N–C) groups is 1. The highest BCUT2D eigenvalue weighted by Crippen LogP contribution is 2.45. The Morgan fingerprint density at radius 3 is 2.40 bits per heavy atom. The van der Waals surface area contributed by atoms with Gasteiger partial charge in [-0.25, -0.2) is 27.6 Å². The molecule has 4 aromatic carbocycles. The van der Waals surface area contributed by atoms with Crippen LogP contribution in [0.15, 0.2) is 111 Å². The summed E-state index contributed by atoms with van der Waals surface area (Å²) in [5.74, 6) is -2.49. The third-order valence-electron chi connectivity index (χ3n) is 7.55. The predicted octanol–water partition coefficient (Wildman–Crippen LogP) is 5.43. The first-order valence-electron chi connectivity index (χ1n) is 14.7. The number of benzene rings is 4. The van der Waals surface area contributed by atoms with E-state index in [0.29, 0.717) is 39.9 Å². The number of hydrazine groups is 1. The number of rotatable bonds is 14. The van der Waals surface area contributed by atoms with Crippen molar-refractivity contribution in [2.24, 2.45) is 4.99 Å². The zero-order chi connectivity index (χ0) is 33.4. The maximum Gasteiger partial charge on any atom is 0.266 e. The first-order chi connectivity index (χ1) is 22.6. The lowest BCUT2D eigenvalue weighted by Crippen LogP contribution is -2.53. The Balaban J connectivity index is 1.52. The van der Waals surface area contributed by atoms with Crippen LogP contribution in [0.3, 0.4) is 0 Å². The lowest BCUT2D eigenvalue weighted by molar-refractivity contribution is -0.130. The van der Waals surface area contributed by atoms with Crippen LogP contribution in [0, 0.1) is 11.6 Å². The number of sulfone groups is 1. The molecule has 2 atom stereocenters. The van der Waals surface area contributed by atoms with Crippen LogP contribution in [-0.2, 0) is 25.9 Å². The van der Waals surface area contributed by atoms with Crippen LogP contribution in [0.4, 0.5) is 8.78 Å². The molecule has 4 aromatic rings. The Kier molecular flexibility index (Phi) is 11.0. The Morgan fingerprint density at radius 1 is 0.979 bits per heavy atom. The quantitative estimate of drug-likeness (QED) is 0.117. The predicted molar refractivity (Wildman–Crippen MR) is 175 cm³/mol. The van der Waals surface area contributed by atoms with E-state index >= 15 is 0 Å². The van der Waals surface area contributed by atoms with E-state index in [4.69, 9.17) is 19.6 Å². The van der Waals surface area contributed by atoms with Crippen molar-refractivity contribution in [1.82, 2.24) is 10.9 Å². The van der Waals surface area contributed by atoms with Gasteiger partial charge in [0.15, 0.2) is 33.1 Å². The van der Waals surface area contributed by atoms with Crippen molar-refractivity contribution in [2.75, 3.05) is 19.0 Å². The van der Waals surface area contributed by atoms with E-state index in [2.05, 4.69) is 26.8 Å². The van der Waals surface area contributed by atoms with Crippen molar-refractivity contribution in [2.45, 2.75) is 35.9 Å². The number of ether oxygens (including phenoxy) is 2. The molecule has 47 heavy (non-hydrogen) atoms. The highest BCUT2D eigenvalue weighted by Gasteiger charge is 2.54. The van der Waals surface area contributed by atoms with Gasteiger partial charge in [0.2, 0.25) is 5.90 Å². The van der Waals surface area contributed by atoms with Gasteiger partial charge < -0.3 is 14.6 Å². The lowest BCUT2D eigenvalue weighted by atomic mass is 9.85. The molecule has 0 unspecified atom stereocenters. The molecule has 9 nitrogen and oxygen atoms in total. The number of aliphatic hydroxyl groups is 1. The zero-order valence-corrected chi connectivity index (χ0v) is 27.4. The maximum atomic E-state index is 14.3. The van der Waals surface area contributed by atoms with Crippen molar-refractivity contribution < 1.29 is 36.6 Å². The Hall–Kier alpha value is -4.17. The molecular weight excluding hydrogens is 696 g/mol. The molecule has 1 aliphatic rings. The highest BCUT2D eigenvalue weighted by atomic mass is 79.9. The first kappa shape index (κ1) is 34.2. The Labute approximate surface area is 279 Å². The number of nitrogens with zero attached hydrogens (tertiary/aromatic N) is 1. The largest absolute Gasteiger partial charge is 0.494 e. The molecule has 0 radical (unpaired) electrons. The standard InChI is InChI=1S/C34H32BrF2N3O6S/c35-28-10-5-4-9-27(28)31-34(17-20-47(43,44)26-7-2-1-3-8-26,33(42)40-38-22-23-11-16-29(36)30(37)21-23)39-32(46-31)24-12-14-25(15-13-24)45-19-6-18-41/h1-5,7-16,21,31,38,41H,6,17-20,22H2,(H,40,42)/t31-,34-/m0/s1. The molecule has 3 N–H and O–H groups in total. The molecule has 1 amide bonds. The van der Waals surface area contributed by atoms with Gasteiger partial charge in [-0.05, 0) is 60.2 Å². The minimum atomic E-state index is -3.85. The summed E-state index contributed by atoms with van der Waals surface area (Å²) in [4.78, 5) is 19.2. The van der Waals surface area contributed by atoms with Crippen molar-refractivity contribution in [3.63, 3.8) is 0 Å². The molecule has 0 spiro atoms. The van der Waals surface area contributed by atoms with Crippen molar-refractivity contribution in [1.29, 1.82) is 0 Å². The van der Waals surface area contributed by atoms with Gasteiger partial charge in [0.1, 0.15) is 5.75 Å². The van der Waals surface area contributed by atoms with Crippen molar-refractivity contribution >= 4 is 37.6 Å². The topological polar surface area (TPSA) is 126 Å². The van der Waals surface area contributed by atoms with Crippen molar-refractivity contribution in [3.8, 4) is 5.75 Å². The molecule has 246 valence electrons. The molecule has 0 aliphatic carbocycles. The van der Waals surface area contributed by atoms with Crippen LogP contribution < -0.4 is 15.6 Å². The lowest BCUT2D eigenvalue weighted by Gasteiger charge is -2.31. The second kappa shape index (κ2) is 15.2. The molecular formula is C34H32BrF2N3O6S. The second-order valence-electron chi connectivity index (χ2n) is 10.7. The normalized spacial score (nSPS) is 17.5. The van der Waals surface area contributed by atoms with Gasteiger partial charge in [-0.1, -0.05) is 58.4 Å². The number of halogens is 3. The Bertz CT molecular complexity index is 1840. The molecule has 0 fully saturated rings. The number of nitrogens with one attached hydrogen (secondary N) is 2. The molecule has 0 aromatic heterocycles. The molecule has 0 bridgehead atoms. The smallest absolute Gasteiger partial charge is 0.266 e. The number of aliphatic hydroxyl groups excluding tert-OH is 1. The summed E-state index contributed by atoms with van der Waals surface area (Å²) < 4.78 is 66.9. The van der Waals surface area contributed by atoms with Gasteiger partial charge in [-0.15, -0.1) is 0 Å². The summed E-state index contributed by atoms with van der Waals surface area (Å²) in [7, 11) is -3.85. The van der Waals surface area contributed by atoms with Crippen LogP contribution in [0.25, 0.3) is 0 Å². The van der Waals surface area contributed by atoms with Crippen LogP contribution in [-0.4, -0.2) is 49.8 Å². The monoisotopic (exact) mass is 727 g/mol. The number of hydrogen-bond acceptors (Lipinski definition) is 8. The van der Waals surface area contributed by atoms with E-state index in [1.54, 1.807) is 66.7 Å². The summed E-state index contributed by atoms with van der Waals surface area (Å²) in [5, 5.41) is 9.04. The minimum Gasteiger partial charge on any atom is -0.494 e. The molecule has 0 saturated heterocycles. The van der Waals surface area contributed by atoms with Gasteiger partial charge >= 0.3 is 0 Å². The van der Waals surface area contributed by atoms with Gasteiger partial charge in [-0.3, -0.25) is 10.2 Å². The van der Waals surface area contributed by atoms with E-state index in [-0.39, 0.29) is 30.4 Å². The number of hydrogen-bond donors (Lipinski definition) is 3. The van der Waals surface area contributed by atoms with E-state index in [1.165, 1.54) is 18.2 Å². The van der Waals surface area contributed by atoms with Crippen LogP contribution >= 0.6 is 15.9 Å². The maximum absolute atomic E-state index is 14.3. The fourth-order valence-corrected chi connectivity index (χ4v) is 6.94. The van der Waals surface area contributed by atoms with Gasteiger partial charge in [0, 0.05) is 41.6 Å². The highest BCUT2D eigenvalue weighted by molar-refractivity contribution is 9.10. The minimum absolute atomic E-state index is 0.00105. The SMILES string of the molecule is O=C(NNCc1ccc(F)c(F)c1)[C@@]1(CCS(=O)(=O)c2ccccc2)N=C(c2ccc(OCCCO)cc2)O[C@H]1c1ccccc1Br. The van der Waals surface area contributed by atoms with E-state index in [9.17, 15) is 22.0 Å². The zero-order valence-electron chi connectivity index (χ0n) is 25.0. The average Bonchev–Trinajstić information content (AvgIpc) is 3.47. The van der Waals surface area contributed by atoms with Crippen LogP contribution in [0.2, 0.25) is 0 Å². The number of amides is 1. The summed E-state index contributed by atoms with van der Waals surface area (Å²) in [5.41, 5.74) is 5.00. The van der Waals surface area contributed by atoms with E-state index in [1.807, 2.05) is 0 Å². The van der Waals surface area contributed by atoms with Gasteiger partial charge in [-0.2, -0.15) is 0 Å². The summed E-state index contributed by atoms with van der Waals surface area (Å²) in [6.07, 6.45) is -0.857. The molecule has 5 rings (SSSR count). The first-order valence-corrected chi connectivity index (χ1v) is 17.2. The van der Waals surface area contributed by atoms with Gasteiger partial charge in [0.25, 0.3) is 5.91 Å². The van der Waals surface area contributed by atoms with E-state index < -0.39 is 44.8 Å². The average molecular weight is 729 g/mol. The van der Waals surface area contributed by atoms with Gasteiger partial charge in [0.05, 0.1) is 17.3 Å². The summed E-state index contributed by atoms with van der Waals surface area (Å²) in [6.45, 7) is 0.267. The number of carbonyl (C=O) groups excluding carboxylic acids is 1. The van der Waals surface area contributed by atoms with E-state index in [0.717, 1.165) is 12.1 Å². The second-order valence-corrected chi connectivity index (χ2v) is 13.7. The van der Waals surface area contributed by atoms with Crippen LogP contribution in [0.1, 0.15) is 35.6 Å². The van der Waals surface area contributed by atoms with Crippen molar-refractivity contribution in [3.05, 3.63) is 130 Å². The molecule has 1 heterocycles. The fraction of sp³-hybridized carbons (Fsp3) is 0.235.